The lowest BCUT2D eigenvalue weighted by Gasteiger charge is -2.13. The Labute approximate surface area is 171 Å². The van der Waals surface area contributed by atoms with Gasteiger partial charge in [-0.1, -0.05) is 36.0 Å². The fraction of sp³-hybridized carbons (Fsp3) is 0.263. The van der Waals surface area contributed by atoms with Gasteiger partial charge in [-0.05, 0) is 43.3 Å². The lowest BCUT2D eigenvalue weighted by atomic mass is 10.1. The summed E-state index contributed by atoms with van der Waals surface area (Å²) in [6, 6.07) is 9.69. The molecule has 0 aliphatic heterocycles. The van der Waals surface area contributed by atoms with Gasteiger partial charge in [0.1, 0.15) is 0 Å². The van der Waals surface area contributed by atoms with E-state index >= 15 is 0 Å². The maximum absolute atomic E-state index is 12.3. The van der Waals surface area contributed by atoms with E-state index in [9.17, 15) is 9.59 Å². The zero-order chi connectivity index (χ0) is 20.1. The first-order chi connectivity index (χ1) is 13.4. The number of carbonyl (C=O) groups excluding carboxylic acids is 2. The molecule has 0 saturated carbocycles. The van der Waals surface area contributed by atoms with Crippen LogP contribution in [-0.2, 0) is 9.59 Å². The second-order valence-corrected chi connectivity index (χ2v) is 8.49. The van der Waals surface area contributed by atoms with Crippen molar-refractivity contribution >= 4 is 40.6 Å². The summed E-state index contributed by atoms with van der Waals surface area (Å²) in [6.07, 6.45) is 0. The van der Waals surface area contributed by atoms with Gasteiger partial charge in [-0.15, -0.1) is 16.4 Å². The van der Waals surface area contributed by atoms with E-state index in [1.807, 2.05) is 49.6 Å². The van der Waals surface area contributed by atoms with Crippen LogP contribution in [0.15, 0.2) is 40.9 Å². The number of H-pyrrole nitrogens is 1. The molecule has 1 atom stereocenters. The quantitative estimate of drug-likeness (QED) is 0.514. The van der Waals surface area contributed by atoms with Gasteiger partial charge in [-0.2, -0.15) is 0 Å². The SMILES string of the molecule is Cc1cccc(C)c1NC(=O)CNC(=O)[C@@H](C)Sc1n[nH]c(-c2cccs2)n1. The van der Waals surface area contributed by atoms with Gasteiger partial charge in [0.2, 0.25) is 17.0 Å². The number of para-hydroxylation sites is 1. The number of aromatic nitrogens is 3. The van der Waals surface area contributed by atoms with Crippen molar-refractivity contribution in [1.29, 1.82) is 0 Å². The molecule has 0 spiro atoms. The van der Waals surface area contributed by atoms with E-state index in [4.69, 9.17) is 0 Å². The Kier molecular flexibility index (Phi) is 6.48. The maximum Gasteiger partial charge on any atom is 0.243 e. The molecule has 3 rings (SSSR count). The molecule has 0 aliphatic rings. The molecule has 0 fully saturated rings. The summed E-state index contributed by atoms with van der Waals surface area (Å²) in [5.74, 6) is 0.169. The summed E-state index contributed by atoms with van der Waals surface area (Å²) in [4.78, 5) is 29.9. The van der Waals surface area contributed by atoms with E-state index in [-0.39, 0.29) is 18.4 Å². The van der Waals surface area contributed by atoms with E-state index in [1.165, 1.54) is 11.8 Å². The van der Waals surface area contributed by atoms with Gasteiger partial charge < -0.3 is 10.6 Å². The van der Waals surface area contributed by atoms with Gasteiger partial charge in [0.25, 0.3) is 0 Å². The average molecular weight is 416 g/mol. The Hall–Kier alpha value is -2.65. The van der Waals surface area contributed by atoms with Crippen LogP contribution >= 0.6 is 23.1 Å². The molecule has 0 aliphatic carbocycles. The van der Waals surface area contributed by atoms with Crippen molar-refractivity contribution in [1.82, 2.24) is 20.5 Å². The molecule has 3 N–H and O–H groups in total. The third-order valence-corrected chi connectivity index (χ3v) is 5.88. The van der Waals surface area contributed by atoms with Gasteiger partial charge >= 0.3 is 0 Å². The van der Waals surface area contributed by atoms with Crippen molar-refractivity contribution in [3.63, 3.8) is 0 Å². The molecule has 28 heavy (non-hydrogen) atoms. The molecule has 1 aromatic carbocycles. The Morgan fingerprint density at radius 3 is 2.64 bits per heavy atom. The number of nitrogens with one attached hydrogen (secondary N) is 3. The zero-order valence-electron chi connectivity index (χ0n) is 15.8. The first kappa shape index (κ1) is 20.1. The molecular weight excluding hydrogens is 394 g/mol. The number of nitrogens with zero attached hydrogens (tertiary/aromatic N) is 2. The summed E-state index contributed by atoms with van der Waals surface area (Å²) >= 11 is 2.80. The second kappa shape index (κ2) is 9.03. The van der Waals surface area contributed by atoms with Gasteiger partial charge in [-0.3, -0.25) is 14.7 Å². The molecule has 2 aromatic heterocycles. The molecule has 3 aromatic rings. The zero-order valence-corrected chi connectivity index (χ0v) is 17.4. The highest BCUT2D eigenvalue weighted by molar-refractivity contribution is 8.00. The summed E-state index contributed by atoms with van der Waals surface area (Å²) < 4.78 is 0. The van der Waals surface area contributed by atoms with Crippen molar-refractivity contribution in [2.45, 2.75) is 31.2 Å². The summed E-state index contributed by atoms with van der Waals surface area (Å²) in [5.41, 5.74) is 2.75. The van der Waals surface area contributed by atoms with Crippen LogP contribution in [-0.4, -0.2) is 38.8 Å². The molecule has 9 heteroatoms. The summed E-state index contributed by atoms with van der Waals surface area (Å²) in [6.45, 7) is 5.53. The maximum atomic E-state index is 12.3. The monoisotopic (exact) mass is 415 g/mol. The number of hydrogen-bond donors (Lipinski definition) is 3. The Morgan fingerprint density at radius 1 is 1.21 bits per heavy atom. The van der Waals surface area contributed by atoms with Gasteiger partial charge in [0, 0.05) is 5.69 Å². The van der Waals surface area contributed by atoms with Crippen LogP contribution in [0.5, 0.6) is 0 Å². The Bertz CT molecular complexity index is 948. The highest BCUT2D eigenvalue weighted by Gasteiger charge is 2.18. The van der Waals surface area contributed by atoms with Crippen LogP contribution in [0.25, 0.3) is 10.7 Å². The minimum absolute atomic E-state index is 0.0913. The van der Waals surface area contributed by atoms with Gasteiger partial charge in [0.15, 0.2) is 5.82 Å². The first-order valence-electron chi connectivity index (χ1n) is 8.70. The number of thiophene rings is 1. The van der Waals surface area contributed by atoms with Crippen LogP contribution in [0.4, 0.5) is 5.69 Å². The van der Waals surface area contributed by atoms with Crippen LogP contribution in [0.3, 0.4) is 0 Å². The fourth-order valence-corrected chi connectivity index (χ4v) is 3.95. The van der Waals surface area contributed by atoms with Crippen molar-refractivity contribution < 1.29 is 9.59 Å². The molecule has 2 heterocycles. The lowest BCUT2D eigenvalue weighted by molar-refractivity contribution is -0.123. The van der Waals surface area contributed by atoms with Crippen LogP contribution < -0.4 is 10.6 Å². The third-order valence-electron chi connectivity index (χ3n) is 4.04. The van der Waals surface area contributed by atoms with Gasteiger partial charge in [-0.25, -0.2) is 4.98 Å². The first-order valence-corrected chi connectivity index (χ1v) is 10.5. The number of hydrogen-bond acceptors (Lipinski definition) is 6. The molecule has 0 bridgehead atoms. The minimum Gasteiger partial charge on any atom is -0.346 e. The lowest BCUT2D eigenvalue weighted by Crippen LogP contribution is -2.37. The molecule has 0 unspecified atom stereocenters. The summed E-state index contributed by atoms with van der Waals surface area (Å²) in [7, 11) is 0. The molecule has 7 nitrogen and oxygen atoms in total. The second-order valence-electron chi connectivity index (χ2n) is 6.24. The molecule has 146 valence electrons. The predicted octanol–water partition coefficient (Wildman–Crippen LogP) is 3.39. The van der Waals surface area contributed by atoms with Crippen molar-refractivity contribution in [3.8, 4) is 10.7 Å². The number of aryl methyl sites for hydroxylation is 2. The topological polar surface area (TPSA) is 99.8 Å². The highest BCUT2D eigenvalue weighted by Crippen LogP contribution is 2.25. The number of carbonyl (C=O) groups is 2. The third kappa shape index (κ3) is 4.99. The van der Waals surface area contributed by atoms with E-state index in [0.29, 0.717) is 11.0 Å². The van der Waals surface area contributed by atoms with Crippen LogP contribution in [0.2, 0.25) is 0 Å². The van der Waals surface area contributed by atoms with E-state index in [1.54, 1.807) is 18.3 Å². The van der Waals surface area contributed by atoms with E-state index in [0.717, 1.165) is 21.7 Å². The van der Waals surface area contributed by atoms with Gasteiger partial charge in [0.05, 0.1) is 16.7 Å². The highest BCUT2D eigenvalue weighted by atomic mass is 32.2. The van der Waals surface area contributed by atoms with Crippen molar-refractivity contribution in [2.75, 3.05) is 11.9 Å². The predicted molar refractivity (Wildman–Crippen MR) is 113 cm³/mol. The number of rotatable bonds is 7. The van der Waals surface area contributed by atoms with Crippen LogP contribution in [0.1, 0.15) is 18.1 Å². The van der Waals surface area contributed by atoms with E-state index < -0.39 is 5.25 Å². The number of benzene rings is 1. The Balaban J connectivity index is 1.50. The van der Waals surface area contributed by atoms with Crippen molar-refractivity contribution in [3.05, 3.63) is 46.8 Å². The van der Waals surface area contributed by atoms with E-state index in [2.05, 4.69) is 25.8 Å². The number of aromatic amines is 1. The molecular formula is C19H21N5O2S2. The standard InChI is InChI=1S/C19H21N5O2S2/c1-11-6-4-7-12(2)16(11)21-15(25)10-20-18(26)13(3)28-19-22-17(23-24-19)14-8-5-9-27-14/h4-9,13H,10H2,1-3H3,(H,20,26)(H,21,25)(H,22,23,24)/t13-/m1/s1. The fourth-order valence-electron chi connectivity index (χ4n) is 2.54. The molecule has 0 saturated heterocycles. The molecule has 2 amide bonds. The average Bonchev–Trinajstić information content (AvgIpc) is 3.34. The number of amides is 2. The minimum atomic E-state index is -0.431. The smallest absolute Gasteiger partial charge is 0.243 e. The summed E-state index contributed by atoms with van der Waals surface area (Å²) in [5, 5.41) is 14.5. The normalized spacial score (nSPS) is 11.8. The molecule has 0 radical (unpaired) electrons. The van der Waals surface area contributed by atoms with Crippen molar-refractivity contribution in [2.24, 2.45) is 0 Å². The Morgan fingerprint density at radius 2 is 1.96 bits per heavy atom. The van der Waals surface area contributed by atoms with Crippen LogP contribution in [0, 0.1) is 13.8 Å². The number of anilines is 1. The largest absolute Gasteiger partial charge is 0.346 e. The number of thioether (sulfide) groups is 1.